The molecule has 24 heavy (non-hydrogen) atoms. The lowest BCUT2D eigenvalue weighted by atomic mass is 10.0. The van der Waals surface area contributed by atoms with Gasteiger partial charge in [0.25, 0.3) is 0 Å². The number of hydrogen-bond acceptors (Lipinski definition) is 5. The summed E-state index contributed by atoms with van der Waals surface area (Å²) in [5.74, 6) is -0.0209. The van der Waals surface area contributed by atoms with Crippen LogP contribution in [0.5, 0.6) is 0 Å². The Labute approximate surface area is 146 Å². The van der Waals surface area contributed by atoms with Crippen LogP contribution >= 0.6 is 11.6 Å². The number of halogens is 1. The Balaban J connectivity index is 1.77. The Morgan fingerprint density at radius 3 is 2.71 bits per heavy atom. The number of fused-ring (bicyclic) bond motifs is 1. The van der Waals surface area contributed by atoms with Crippen LogP contribution in [0.15, 0.2) is 24.3 Å². The van der Waals surface area contributed by atoms with Crippen molar-refractivity contribution in [2.24, 2.45) is 0 Å². The largest absolute Gasteiger partial charge is 0.395 e. The van der Waals surface area contributed by atoms with Gasteiger partial charge in [-0.15, -0.1) is 0 Å². The summed E-state index contributed by atoms with van der Waals surface area (Å²) in [7, 11) is -3.16. The van der Waals surface area contributed by atoms with Crippen molar-refractivity contribution in [1.82, 2.24) is 9.80 Å². The van der Waals surface area contributed by atoms with Gasteiger partial charge in [-0.1, -0.05) is 23.7 Å². The van der Waals surface area contributed by atoms with E-state index in [4.69, 9.17) is 11.6 Å². The number of aliphatic hydroxyl groups excluding tert-OH is 1. The van der Waals surface area contributed by atoms with E-state index in [1.807, 2.05) is 11.0 Å². The molecule has 0 unspecified atom stereocenters. The van der Waals surface area contributed by atoms with Crippen LogP contribution in [0.1, 0.15) is 5.56 Å². The maximum atomic E-state index is 12.7. The number of aliphatic hydroxyl groups is 1. The number of carbonyl (C=O) groups is 1. The van der Waals surface area contributed by atoms with E-state index >= 15 is 0 Å². The van der Waals surface area contributed by atoms with Crippen LogP contribution in [0.3, 0.4) is 0 Å². The molecule has 0 aliphatic carbocycles. The molecule has 2 aliphatic heterocycles. The third-order valence-electron chi connectivity index (χ3n) is 4.74. The van der Waals surface area contributed by atoms with Crippen molar-refractivity contribution in [3.63, 3.8) is 0 Å². The molecule has 0 spiro atoms. The van der Waals surface area contributed by atoms with Crippen LogP contribution in [-0.4, -0.2) is 79.1 Å². The summed E-state index contributed by atoms with van der Waals surface area (Å²) in [6.07, 6.45) is 0.212. The number of piperazine rings is 1. The fourth-order valence-electron chi connectivity index (χ4n) is 3.66. The van der Waals surface area contributed by atoms with E-state index in [1.165, 1.54) is 0 Å². The normalized spacial score (nSPS) is 26.3. The summed E-state index contributed by atoms with van der Waals surface area (Å²) < 4.78 is 24.1. The zero-order valence-corrected chi connectivity index (χ0v) is 14.8. The molecule has 8 heteroatoms. The molecule has 0 aromatic heterocycles. The highest BCUT2D eigenvalue weighted by Gasteiger charge is 2.47. The van der Waals surface area contributed by atoms with Gasteiger partial charge in [0.15, 0.2) is 9.84 Å². The third-order valence-corrected chi connectivity index (χ3v) is 6.68. The molecule has 2 aliphatic rings. The van der Waals surface area contributed by atoms with Crippen LogP contribution in [0, 0.1) is 0 Å². The van der Waals surface area contributed by atoms with Crippen LogP contribution < -0.4 is 0 Å². The lowest BCUT2D eigenvalue weighted by Gasteiger charge is -2.43. The van der Waals surface area contributed by atoms with Crippen LogP contribution in [-0.2, 0) is 21.1 Å². The minimum absolute atomic E-state index is 0.000874. The highest BCUT2D eigenvalue weighted by Crippen LogP contribution is 2.27. The molecule has 6 nitrogen and oxygen atoms in total. The molecule has 1 aromatic rings. The lowest BCUT2D eigenvalue weighted by molar-refractivity contribution is -0.136. The standard InChI is InChI=1S/C16H21ClN2O4S/c17-13-3-1-2-12(8-13)9-16(21)19-5-4-18(6-7-20)14-10-24(22,23)11-15(14)19/h1-3,8,14-15,20H,4-7,9-11H2/t14-,15+/m1/s1. The molecule has 1 amide bonds. The molecule has 3 rings (SSSR count). The second-order valence-electron chi connectivity index (χ2n) is 6.37. The molecular formula is C16H21ClN2O4S. The van der Waals surface area contributed by atoms with Gasteiger partial charge in [-0.25, -0.2) is 8.42 Å². The van der Waals surface area contributed by atoms with E-state index in [-0.39, 0.29) is 42.5 Å². The van der Waals surface area contributed by atoms with Crippen molar-refractivity contribution < 1.29 is 18.3 Å². The van der Waals surface area contributed by atoms with E-state index in [9.17, 15) is 18.3 Å². The van der Waals surface area contributed by atoms with Gasteiger partial charge >= 0.3 is 0 Å². The number of amides is 1. The summed E-state index contributed by atoms with van der Waals surface area (Å²) in [5.41, 5.74) is 0.822. The molecule has 0 radical (unpaired) electrons. The predicted molar refractivity (Wildman–Crippen MR) is 91.8 cm³/mol. The SMILES string of the molecule is O=C(Cc1cccc(Cl)c1)N1CCN(CCO)[C@@H]2CS(=O)(=O)C[C@@H]21. The Bertz CT molecular complexity index is 725. The van der Waals surface area contributed by atoms with Crippen molar-refractivity contribution in [2.75, 3.05) is 37.7 Å². The summed E-state index contributed by atoms with van der Waals surface area (Å²) >= 11 is 5.96. The lowest BCUT2D eigenvalue weighted by Crippen LogP contribution is -2.61. The highest BCUT2D eigenvalue weighted by atomic mass is 35.5. The molecule has 2 heterocycles. The van der Waals surface area contributed by atoms with E-state index in [2.05, 4.69) is 0 Å². The first-order valence-electron chi connectivity index (χ1n) is 7.99. The molecule has 2 saturated heterocycles. The van der Waals surface area contributed by atoms with E-state index in [0.717, 1.165) is 5.56 Å². The monoisotopic (exact) mass is 372 g/mol. The summed E-state index contributed by atoms with van der Waals surface area (Å²) in [5, 5.41) is 9.76. The summed E-state index contributed by atoms with van der Waals surface area (Å²) in [6, 6.07) is 6.59. The summed E-state index contributed by atoms with van der Waals surface area (Å²) in [4.78, 5) is 16.4. The zero-order chi connectivity index (χ0) is 17.3. The maximum Gasteiger partial charge on any atom is 0.227 e. The molecule has 1 aromatic carbocycles. The average Bonchev–Trinajstić information content (AvgIpc) is 2.83. The number of rotatable bonds is 4. The quantitative estimate of drug-likeness (QED) is 0.816. The third kappa shape index (κ3) is 3.74. The van der Waals surface area contributed by atoms with Gasteiger partial charge in [0.05, 0.1) is 30.6 Å². The molecule has 0 bridgehead atoms. The molecule has 132 valence electrons. The van der Waals surface area contributed by atoms with E-state index in [0.29, 0.717) is 24.7 Å². The van der Waals surface area contributed by atoms with E-state index < -0.39 is 9.84 Å². The number of sulfone groups is 1. The van der Waals surface area contributed by atoms with Crippen LogP contribution in [0.4, 0.5) is 0 Å². The first kappa shape index (κ1) is 17.7. The van der Waals surface area contributed by atoms with Crippen molar-refractivity contribution in [2.45, 2.75) is 18.5 Å². The maximum absolute atomic E-state index is 12.7. The fraction of sp³-hybridized carbons (Fsp3) is 0.562. The topological polar surface area (TPSA) is 77.9 Å². The van der Waals surface area contributed by atoms with Crippen molar-refractivity contribution in [3.05, 3.63) is 34.9 Å². The number of hydrogen-bond donors (Lipinski definition) is 1. The smallest absolute Gasteiger partial charge is 0.227 e. The van der Waals surface area contributed by atoms with Crippen LogP contribution in [0.2, 0.25) is 5.02 Å². The minimum atomic E-state index is -3.16. The average molecular weight is 373 g/mol. The number of β-amino-alcohol motifs (C(OH)–C–C–N with tert-alkyl or cyclic N) is 1. The van der Waals surface area contributed by atoms with Gasteiger partial charge in [-0.05, 0) is 17.7 Å². The zero-order valence-electron chi connectivity index (χ0n) is 13.3. The van der Waals surface area contributed by atoms with Gasteiger partial charge in [0.2, 0.25) is 5.91 Å². The van der Waals surface area contributed by atoms with Gasteiger partial charge in [0.1, 0.15) is 0 Å². The van der Waals surface area contributed by atoms with Gasteiger partial charge in [0, 0.05) is 30.7 Å². The van der Waals surface area contributed by atoms with Crippen molar-refractivity contribution in [3.8, 4) is 0 Å². The van der Waals surface area contributed by atoms with Gasteiger partial charge in [-0.3, -0.25) is 9.69 Å². The van der Waals surface area contributed by atoms with Gasteiger partial charge < -0.3 is 10.0 Å². The number of nitrogens with zero attached hydrogens (tertiary/aromatic N) is 2. The predicted octanol–water partition coefficient (Wildman–Crippen LogP) is 0.185. The highest BCUT2D eigenvalue weighted by molar-refractivity contribution is 7.91. The fourth-order valence-corrected chi connectivity index (χ4v) is 5.89. The summed E-state index contributed by atoms with van der Waals surface area (Å²) in [6.45, 7) is 1.49. The number of carbonyl (C=O) groups excluding carboxylic acids is 1. The first-order valence-corrected chi connectivity index (χ1v) is 10.2. The van der Waals surface area contributed by atoms with Gasteiger partial charge in [-0.2, -0.15) is 0 Å². The molecule has 2 fully saturated rings. The Morgan fingerprint density at radius 2 is 2.00 bits per heavy atom. The second kappa shape index (κ2) is 7.00. The molecular weight excluding hydrogens is 352 g/mol. The Morgan fingerprint density at radius 1 is 1.25 bits per heavy atom. The second-order valence-corrected chi connectivity index (χ2v) is 8.96. The van der Waals surface area contributed by atoms with Crippen molar-refractivity contribution >= 4 is 27.3 Å². The molecule has 0 saturated carbocycles. The first-order chi connectivity index (χ1) is 11.4. The van der Waals surface area contributed by atoms with Crippen LogP contribution in [0.25, 0.3) is 0 Å². The molecule has 2 atom stereocenters. The molecule has 1 N–H and O–H groups in total. The van der Waals surface area contributed by atoms with Crippen molar-refractivity contribution in [1.29, 1.82) is 0 Å². The Hall–Kier alpha value is -1.15. The van der Waals surface area contributed by atoms with E-state index in [1.54, 1.807) is 23.1 Å². The number of benzene rings is 1. The minimum Gasteiger partial charge on any atom is -0.395 e. The Kier molecular flexibility index (Phi) is 5.15.